The van der Waals surface area contributed by atoms with Gasteiger partial charge in [0.1, 0.15) is 5.60 Å². The number of amides is 4. The molecule has 0 aliphatic rings. The molecule has 10 N–H and O–H groups in total. The number of alkyl carbamates (subject to hydrolysis) is 1. The van der Waals surface area contributed by atoms with E-state index < -0.39 is 29.5 Å². The Morgan fingerprint density at radius 3 is 1.14 bits per heavy atom. The van der Waals surface area contributed by atoms with E-state index in [0.717, 1.165) is 33.4 Å². The van der Waals surface area contributed by atoms with Gasteiger partial charge in [-0.2, -0.15) is 0 Å². The van der Waals surface area contributed by atoms with Gasteiger partial charge in [0.05, 0.1) is 66.1 Å². The summed E-state index contributed by atoms with van der Waals surface area (Å²) in [4.78, 5) is 101. The van der Waals surface area contributed by atoms with Gasteiger partial charge in [-0.3, -0.25) is 28.8 Å². The smallest absolute Gasteiger partial charge is 0.870 e. The van der Waals surface area contributed by atoms with Crippen molar-refractivity contribution in [1.29, 1.82) is 0 Å². The summed E-state index contributed by atoms with van der Waals surface area (Å²) < 4.78 is 21.0. The number of ether oxygens (including phenoxy) is 3. The number of nitrogens with one attached hydrogen (secondary N) is 4. The second-order valence-corrected chi connectivity index (χ2v) is 24.1. The normalized spacial score (nSPS) is 10.7. The number of benzene rings is 6. The van der Waals surface area contributed by atoms with Crippen LogP contribution in [-0.4, -0.2) is 99.3 Å². The van der Waals surface area contributed by atoms with Gasteiger partial charge in [-0.05, 0) is 141 Å². The first-order valence-corrected chi connectivity index (χ1v) is 32.6. The summed E-state index contributed by atoms with van der Waals surface area (Å²) in [6, 6.07) is 55.2. The van der Waals surface area contributed by atoms with Crippen LogP contribution in [0.15, 0.2) is 219 Å². The largest absolute Gasteiger partial charge is 1.00 e. The van der Waals surface area contributed by atoms with E-state index in [1.165, 1.54) is 0 Å². The molecule has 0 saturated carbocycles. The van der Waals surface area contributed by atoms with Gasteiger partial charge in [0, 0.05) is 90.6 Å². The van der Waals surface area contributed by atoms with Crippen LogP contribution in [0.3, 0.4) is 0 Å². The summed E-state index contributed by atoms with van der Waals surface area (Å²) in [5.41, 5.74) is 24.3. The Morgan fingerprint density at radius 2 is 0.796 bits per heavy atom. The number of carbonyl (C=O) groups excluding carboxylic acids is 6. The van der Waals surface area contributed by atoms with Crippen molar-refractivity contribution in [3.8, 4) is 33.8 Å². The third-order valence-electron chi connectivity index (χ3n) is 15.6. The van der Waals surface area contributed by atoms with E-state index in [-0.39, 0.29) is 102 Å². The zero-order valence-electron chi connectivity index (χ0n) is 57.8. The Morgan fingerprint density at radius 1 is 0.456 bits per heavy atom. The van der Waals surface area contributed by atoms with Crippen molar-refractivity contribution in [3.63, 3.8) is 0 Å². The predicted octanol–water partition coefficient (Wildman–Crippen LogP) is 9.37. The van der Waals surface area contributed by atoms with Crippen molar-refractivity contribution in [2.45, 2.75) is 79.1 Å². The molecular formula is C78H77N12NaO12. The Bertz CT molecular complexity index is 5020. The van der Waals surface area contributed by atoms with Crippen LogP contribution in [-0.2, 0) is 67.5 Å². The van der Waals surface area contributed by atoms with Crippen LogP contribution in [0.1, 0.15) is 99.5 Å². The topological polar surface area (TPSA) is 349 Å². The van der Waals surface area contributed by atoms with Crippen molar-refractivity contribution in [1.82, 2.24) is 33.5 Å². The van der Waals surface area contributed by atoms with Gasteiger partial charge in [0.15, 0.2) is 17.1 Å². The number of aliphatic carboxylic acids is 1. The molecule has 0 fully saturated rings. The number of rotatable bonds is 21. The monoisotopic (exact) mass is 1400 g/mol. The first-order chi connectivity index (χ1) is 48.8. The molecule has 0 spiro atoms. The molecule has 12 rings (SSSR count). The number of hydrogen-bond acceptors (Lipinski definition) is 16. The number of anilines is 3. The van der Waals surface area contributed by atoms with Gasteiger partial charge in [-0.1, -0.05) is 109 Å². The number of fused-ring (bicyclic) bond motifs is 3. The van der Waals surface area contributed by atoms with Gasteiger partial charge >= 0.3 is 53.6 Å². The number of carbonyl (C=O) groups is 7. The summed E-state index contributed by atoms with van der Waals surface area (Å²) >= 11 is 0. The van der Waals surface area contributed by atoms with E-state index in [1.807, 2.05) is 186 Å². The predicted molar refractivity (Wildman–Crippen MR) is 388 cm³/mol. The second kappa shape index (κ2) is 36.1. The number of carboxylic acids is 1. The third kappa shape index (κ3) is 20.5. The van der Waals surface area contributed by atoms with E-state index in [2.05, 4.69) is 31.2 Å². The summed E-state index contributed by atoms with van der Waals surface area (Å²) in [6.45, 7) is 10.6. The molecular weight excluding hydrogens is 1320 g/mol. The molecule has 25 heteroatoms. The molecule has 4 amide bonds. The SMILES string of the molecule is CCOC(=O)Cc1ccccc1NC(=O)c1nc(-c2cccc(CN)c2)cn2cccc12.CCOC(=O)Cc1ccccc1NC(=O)c1nc(-c2cccc(CNC(=O)OC(C)(C)C)c2)cn2cccc12.NCc1cccc(-c2cn3cccc3c(C(=O)Nc3ccccc3CC(=O)O)n2)c1.[Na+].[OH-]. The summed E-state index contributed by atoms with van der Waals surface area (Å²) in [5.74, 6) is -2.85. The quantitative estimate of drug-likeness (QED) is 0.0200. The fourth-order valence-corrected chi connectivity index (χ4v) is 10.9. The van der Waals surface area contributed by atoms with E-state index in [1.54, 1.807) is 80.6 Å². The van der Waals surface area contributed by atoms with Crippen LogP contribution in [0.2, 0.25) is 0 Å². The molecule has 0 aliphatic heterocycles. The summed E-state index contributed by atoms with van der Waals surface area (Å²) in [7, 11) is 0. The molecule has 0 aliphatic carbocycles. The fraction of sp³-hybridized carbons (Fsp3) is 0.179. The fourth-order valence-electron chi connectivity index (χ4n) is 10.9. The standard InChI is InChI=1S/C30H32N4O5.C25H24N4O3.C23H20N4O3.Na.H2O/c1-5-38-26(35)17-22-11-6-7-13-23(22)33-28(36)27-25-14-9-15-34(25)19-24(32-27)21-12-8-10-20(16-21)18-31-29(37)39-30(2,3)4;1-2-32-23(30)14-19-8-3-4-10-20(19)28-25(31)24-22-11-6-12-29(22)16-21(27-24)18-9-5-7-17(13-18)15-26;24-13-15-5-3-7-16(11-15)19-14-27-10-4-9-20(27)22(25-19)23(30)26-18-8-2-1-6-17(18)12-21(28)29;;/h6-16,19H,5,17-18H2,1-4H3,(H,31,37)(H,33,36);3-13,16H,2,14-15,26H2,1H3,(H,28,31);1-11,14H,12-13,24H2,(H,26,30)(H,28,29);;1H2/q;;;+1;/p-1. The van der Waals surface area contributed by atoms with Crippen molar-refractivity contribution in [2.24, 2.45) is 11.5 Å². The van der Waals surface area contributed by atoms with Crippen molar-refractivity contribution >= 4 is 75.3 Å². The van der Waals surface area contributed by atoms with Crippen molar-refractivity contribution in [2.75, 3.05) is 29.2 Å². The molecule has 103 heavy (non-hydrogen) atoms. The zero-order valence-corrected chi connectivity index (χ0v) is 59.8. The molecule has 6 heterocycles. The minimum absolute atomic E-state index is 0. The molecule has 12 aromatic rings. The van der Waals surface area contributed by atoms with Crippen LogP contribution >= 0.6 is 0 Å². The van der Waals surface area contributed by atoms with Crippen LogP contribution in [0, 0.1) is 0 Å². The van der Waals surface area contributed by atoms with Gasteiger partial charge in [0.2, 0.25) is 0 Å². The Hall–Kier alpha value is -11.6. The number of hydrogen-bond donors (Lipinski definition) is 7. The maximum Gasteiger partial charge on any atom is 1.00 e. The van der Waals surface area contributed by atoms with E-state index in [9.17, 15) is 33.6 Å². The van der Waals surface area contributed by atoms with Gasteiger partial charge < -0.3 is 70.7 Å². The minimum Gasteiger partial charge on any atom is -0.870 e. The molecule has 0 atom stereocenters. The first kappa shape index (κ1) is 77.1. The van der Waals surface area contributed by atoms with Crippen molar-refractivity contribution < 1.29 is 87.9 Å². The number of nitrogens with zero attached hydrogens (tertiary/aromatic N) is 6. The number of nitrogens with two attached hydrogens (primary N) is 2. The first-order valence-electron chi connectivity index (χ1n) is 32.6. The molecule has 0 radical (unpaired) electrons. The van der Waals surface area contributed by atoms with Crippen LogP contribution in [0.25, 0.3) is 50.3 Å². The molecule has 0 unspecified atom stereocenters. The molecule has 522 valence electrons. The average molecular weight is 1400 g/mol. The maximum atomic E-state index is 13.5. The van der Waals surface area contributed by atoms with E-state index in [4.69, 9.17) is 35.8 Å². The number of carboxylic acid groups (broad SMARTS) is 1. The molecule has 6 aromatic heterocycles. The molecule has 0 saturated heterocycles. The summed E-state index contributed by atoms with van der Waals surface area (Å²) in [6.07, 6.45) is 10.6. The Labute approximate surface area is 616 Å². The zero-order chi connectivity index (χ0) is 71.6. The molecule has 6 aromatic carbocycles. The summed E-state index contributed by atoms with van der Waals surface area (Å²) in [5, 5.41) is 20.5. The average Bonchev–Trinajstić information content (AvgIpc) is 1.74. The van der Waals surface area contributed by atoms with Crippen LogP contribution in [0.5, 0.6) is 0 Å². The van der Waals surface area contributed by atoms with Crippen LogP contribution < -0.4 is 62.3 Å². The molecule has 24 nitrogen and oxygen atoms in total. The van der Waals surface area contributed by atoms with E-state index >= 15 is 0 Å². The van der Waals surface area contributed by atoms with Gasteiger partial charge in [-0.15, -0.1) is 0 Å². The molecule has 0 bridgehead atoms. The van der Waals surface area contributed by atoms with Gasteiger partial charge in [-0.25, -0.2) is 19.7 Å². The van der Waals surface area contributed by atoms with Gasteiger partial charge in [0.25, 0.3) is 17.7 Å². The number of esters is 2. The van der Waals surface area contributed by atoms with Crippen LogP contribution in [0.4, 0.5) is 21.9 Å². The second-order valence-electron chi connectivity index (χ2n) is 24.1. The maximum absolute atomic E-state index is 13.5. The third-order valence-corrected chi connectivity index (χ3v) is 15.6. The Kier molecular flexibility index (Phi) is 27.0. The number of para-hydroxylation sites is 3. The Balaban J connectivity index is 0.000000196. The minimum atomic E-state index is -0.967. The van der Waals surface area contributed by atoms with Crippen molar-refractivity contribution in [3.05, 3.63) is 270 Å². The van der Waals surface area contributed by atoms with E-state index in [0.29, 0.717) is 87.1 Å². The number of aromatic nitrogens is 6.